The van der Waals surface area contributed by atoms with Gasteiger partial charge in [0.15, 0.2) is 10.8 Å². The second kappa shape index (κ2) is 9.69. The molecular formula is C22H21Cl2N5S. The number of thioether (sulfide) groups is 1. The summed E-state index contributed by atoms with van der Waals surface area (Å²) < 4.78 is 1.85. The van der Waals surface area contributed by atoms with Crippen molar-refractivity contribution < 1.29 is 0 Å². The molecule has 0 aliphatic rings. The van der Waals surface area contributed by atoms with Crippen molar-refractivity contribution in [2.45, 2.75) is 23.5 Å². The van der Waals surface area contributed by atoms with E-state index in [2.05, 4.69) is 20.4 Å². The third kappa shape index (κ3) is 4.72. The van der Waals surface area contributed by atoms with Gasteiger partial charge in [0.05, 0.1) is 23.5 Å². The third-order valence-electron chi connectivity index (χ3n) is 4.80. The standard InChI is InChI=1S/C22H21Cl2N5S/c1-30-22-27-20(25-12-11-16-9-5-6-10-18(16)23)17-13-26-29(21(17)28-22)14-19(24)15-7-3-2-4-8-15/h2-10,13,19H,11-12,14H2,1H3,(H,25,27,28). The van der Waals surface area contributed by atoms with Crippen molar-refractivity contribution in [1.29, 1.82) is 0 Å². The van der Waals surface area contributed by atoms with Gasteiger partial charge < -0.3 is 5.32 Å². The smallest absolute Gasteiger partial charge is 0.191 e. The van der Waals surface area contributed by atoms with Crippen molar-refractivity contribution in [2.24, 2.45) is 0 Å². The molecular weight excluding hydrogens is 437 g/mol. The molecule has 0 radical (unpaired) electrons. The number of fused-ring (bicyclic) bond motifs is 1. The Morgan fingerprint density at radius 1 is 1.07 bits per heavy atom. The average molecular weight is 458 g/mol. The van der Waals surface area contributed by atoms with Crippen LogP contribution in [0, 0.1) is 0 Å². The van der Waals surface area contributed by atoms with Crippen LogP contribution in [0.25, 0.3) is 11.0 Å². The lowest BCUT2D eigenvalue weighted by atomic mass is 10.1. The molecule has 0 aliphatic heterocycles. The molecule has 0 fully saturated rings. The number of nitrogens with zero attached hydrogens (tertiary/aromatic N) is 4. The zero-order valence-corrected chi connectivity index (χ0v) is 18.8. The summed E-state index contributed by atoms with van der Waals surface area (Å²) in [6, 6.07) is 17.9. The summed E-state index contributed by atoms with van der Waals surface area (Å²) in [6.45, 7) is 1.23. The Bertz CT molecular complexity index is 1130. The van der Waals surface area contributed by atoms with Gasteiger partial charge in [0.25, 0.3) is 0 Å². The molecule has 0 spiro atoms. The van der Waals surface area contributed by atoms with Crippen molar-refractivity contribution >= 4 is 51.8 Å². The second-order valence-corrected chi connectivity index (χ2v) is 8.48. The number of benzene rings is 2. The highest BCUT2D eigenvalue weighted by Crippen LogP contribution is 2.27. The van der Waals surface area contributed by atoms with E-state index in [1.165, 1.54) is 11.8 Å². The molecule has 2 aromatic heterocycles. The van der Waals surface area contributed by atoms with Crippen molar-refractivity contribution in [2.75, 3.05) is 18.1 Å². The molecule has 0 bridgehead atoms. The van der Waals surface area contributed by atoms with Crippen LogP contribution in [0.2, 0.25) is 5.02 Å². The molecule has 0 saturated carbocycles. The van der Waals surface area contributed by atoms with E-state index in [1.54, 1.807) is 6.20 Å². The second-order valence-electron chi connectivity index (χ2n) is 6.77. The lowest BCUT2D eigenvalue weighted by Gasteiger charge is -2.12. The van der Waals surface area contributed by atoms with E-state index in [1.807, 2.05) is 65.5 Å². The van der Waals surface area contributed by atoms with Crippen molar-refractivity contribution in [3.05, 3.63) is 76.9 Å². The molecule has 154 valence electrons. The molecule has 4 aromatic rings. The number of nitrogens with one attached hydrogen (secondary N) is 1. The molecule has 30 heavy (non-hydrogen) atoms. The molecule has 4 rings (SSSR count). The first-order valence-corrected chi connectivity index (χ1v) is 11.6. The van der Waals surface area contributed by atoms with Gasteiger partial charge in [0.2, 0.25) is 0 Å². The summed E-state index contributed by atoms with van der Waals surface area (Å²) in [4.78, 5) is 9.32. The van der Waals surface area contributed by atoms with Crippen LogP contribution < -0.4 is 5.32 Å². The number of hydrogen-bond donors (Lipinski definition) is 1. The fourth-order valence-corrected chi connectivity index (χ4v) is 4.10. The van der Waals surface area contributed by atoms with Gasteiger partial charge in [-0.1, -0.05) is 71.9 Å². The molecule has 0 amide bonds. The predicted molar refractivity (Wildman–Crippen MR) is 126 cm³/mol. The number of anilines is 1. The lowest BCUT2D eigenvalue weighted by molar-refractivity contribution is 0.613. The van der Waals surface area contributed by atoms with E-state index in [-0.39, 0.29) is 5.38 Å². The average Bonchev–Trinajstić information content (AvgIpc) is 3.18. The quantitative estimate of drug-likeness (QED) is 0.204. The summed E-state index contributed by atoms with van der Waals surface area (Å²) in [5.74, 6) is 0.772. The number of alkyl halides is 1. The Labute approximate surface area is 189 Å². The van der Waals surface area contributed by atoms with Crippen molar-refractivity contribution in [1.82, 2.24) is 19.7 Å². The minimum atomic E-state index is -0.196. The van der Waals surface area contributed by atoms with E-state index in [9.17, 15) is 0 Å². The number of hydrogen-bond acceptors (Lipinski definition) is 5. The zero-order chi connectivity index (χ0) is 20.9. The first-order chi connectivity index (χ1) is 14.7. The lowest BCUT2D eigenvalue weighted by Crippen LogP contribution is -2.10. The maximum atomic E-state index is 6.64. The fourth-order valence-electron chi connectivity index (χ4n) is 3.23. The number of rotatable bonds is 8. The minimum absolute atomic E-state index is 0.196. The molecule has 0 saturated heterocycles. The van der Waals surface area contributed by atoms with Crippen molar-refractivity contribution in [3.63, 3.8) is 0 Å². The van der Waals surface area contributed by atoms with Crippen LogP contribution in [0.1, 0.15) is 16.5 Å². The van der Waals surface area contributed by atoms with Gasteiger partial charge in [-0.3, -0.25) is 0 Å². The summed E-state index contributed by atoms with van der Waals surface area (Å²) in [5.41, 5.74) is 2.93. The van der Waals surface area contributed by atoms with Gasteiger partial charge in [-0.05, 0) is 29.9 Å². The molecule has 1 N–H and O–H groups in total. The van der Waals surface area contributed by atoms with Gasteiger partial charge in [0, 0.05) is 11.6 Å². The maximum Gasteiger partial charge on any atom is 0.191 e. The van der Waals surface area contributed by atoms with E-state index in [0.29, 0.717) is 18.2 Å². The predicted octanol–water partition coefficient (Wildman–Crippen LogP) is 5.84. The maximum absolute atomic E-state index is 6.64. The van der Waals surface area contributed by atoms with Crippen LogP contribution >= 0.6 is 35.0 Å². The Kier molecular flexibility index (Phi) is 6.77. The first-order valence-electron chi connectivity index (χ1n) is 9.59. The SMILES string of the molecule is CSc1nc(NCCc2ccccc2Cl)c2cnn(CC(Cl)c3ccccc3)c2n1. The van der Waals surface area contributed by atoms with Crippen LogP contribution in [0.5, 0.6) is 0 Å². The minimum Gasteiger partial charge on any atom is -0.369 e. The Morgan fingerprint density at radius 3 is 2.60 bits per heavy atom. The summed E-state index contributed by atoms with van der Waals surface area (Å²) in [6.07, 6.45) is 4.56. The fraction of sp³-hybridized carbons (Fsp3) is 0.227. The third-order valence-corrected chi connectivity index (χ3v) is 6.10. The van der Waals surface area contributed by atoms with Crippen molar-refractivity contribution in [3.8, 4) is 0 Å². The Morgan fingerprint density at radius 2 is 1.83 bits per heavy atom. The molecule has 2 heterocycles. The van der Waals surface area contributed by atoms with Crippen LogP contribution in [0.3, 0.4) is 0 Å². The van der Waals surface area contributed by atoms with E-state index < -0.39 is 0 Å². The molecule has 0 aliphatic carbocycles. The van der Waals surface area contributed by atoms with Gasteiger partial charge in [-0.25, -0.2) is 14.6 Å². The van der Waals surface area contributed by atoms with E-state index in [4.69, 9.17) is 23.2 Å². The summed E-state index contributed by atoms with van der Waals surface area (Å²) >= 11 is 14.4. The first kappa shape index (κ1) is 21.0. The topological polar surface area (TPSA) is 55.6 Å². The van der Waals surface area contributed by atoms with Crippen LogP contribution in [0.15, 0.2) is 66.0 Å². The van der Waals surface area contributed by atoms with Crippen LogP contribution in [-0.4, -0.2) is 32.5 Å². The zero-order valence-electron chi connectivity index (χ0n) is 16.4. The van der Waals surface area contributed by atoms with Gasteiger partial charge in [-0.15, -0.1) is 11.6 Å². The Balaban J connectivity index is 1.56. The van der Waals surface area contributed by atoms with Crippen LogP contribution in [-0.2, 0) is 13.0 Å². The van der Waals surface area contributed by atoms with Gasteiger partial charge in [0.1, 0.15) is 5.82 Å². The number of aromatic nitrogens is 4. The van der Waals surface area contributed by atoms with Crippen LogP contribution in [0.4, 0.5) is 5.82 Å². The normalized spacial score (nSPS) is 12.2. The highest BCUT2D eigenvalue weighted by Gasteiger charge is 2.16. The highest BCUT2D eigenvalue weighted by molar-refractivity contribution is 7.98. The Hall–Kier alpha value is -2.28. The molecule has 1 atom stereocenters. The molecule has 2 aromatic carbocycles. The van der Waals surface area contributed by atoms with Gasteiger partial charge in [-0.2, -0.15) is 5.10 Å². The molecule has 1 unspecified atom stereocenters. The monoisotopic (exact) mass is 457 g/mol. The molecule has 5 nitrogen and oxygen atoms in total. The van der Waals surface area contributed by atoms with Gasteiger partial charge >= 0.3 is 0 Å². The summed E-state index contributed by atoms with van der Waals surface area (Å²) in [7, 11) is 0. The van der Waals surface area contributed by atoms with E-state index in [0.717, 1.165) is 39.4 Å². The van der Waals surface area contributed by atoms with E-state index >= 15 is 0 Å². The largest absolute Gasteiger partial charge is 0.369 e. The number of halogens is 2. The highest BCUT2D eigenvalue weighted by atomic mass is 35.5. The molecule has 8 heteroatoms. The summed E-state index contributed by atoms with van der Waals surface area (Å²) in [5, 5.41) is 10.1.